The van der Waals surface area contributed by atoms with Gasteiger partial charge in [0.15, 0.2) is 5.69 Å². The van der Waals surface area contributed by atoms with Crippen molar-refractivity contribution in [3.05, 3.63) is 198 Å². The highest BCUT2D eigenvalue weighted by Crippen LogP contribution is 2.41. The molecule has 111 heavy (non-hydrogen) atoms. The third kappa shape index (κ3) is 40.1. The van der Waals surface area contributed by atoms with Crippen molar-refractivity contribution in [3.63, 3.8) is 0 Å². The SMILES string of the molecule is CC(C)c1cc(C(F)(F)F)cnn1.CC(C)c1ccc(C(F)(F)F)cc1F.CC(C)c1ccc(C(F)(F)F)nn1.CC(C)c1ccc(OC(F)(F)F)c(C(F)(F)F)c1.CC(C)c1ccc(OC(F)(F)F)cc1F.CC(C)c1ccc(SC(F)(F)F)nn1.Cc1cc(C(C)C)ccc1OC(F)(F)F.Cc1nnc(C(C)C)s1. The number of aromatic nitrogens is 8. The maximum Gasteiger partial charge on any atom is 0.573 e. The van der Waals surface area contributed by atoms with Gasteiger partial charge in [0.25, 0.3) is 0 Å². The van der Waals surface area contributed by atoms with Crippen LogP contribution in [0.1, 0.15) is 235 Å². The Bertz CT molecular complexity index is 4060. The molecule has 8 aromatic rings. The molecule has 0 fully saturated rings. The van der Waals surface area contributed by atoms with Crippen molar-refractivity contribution >= 4 is 23.1 Å². The highest BCUT2D eigenvalue weighted by Gasteiger charge is 2.41. The average Bonchev–Trinajstić information content (AvgIpc) is 1.09. The fraction of sp³-hybridized carbons (Fsp3) is 0.472. The summed E-state index contributed by atoms with van der Waals surface area (Å²) >= 11 is 1.42. The van der Waals surface area contributed by atoms with Crippen LogP contribution in [0.3, 0.4) is 0 Å². The molecule has 0 aliphatic rings. The highest BCUT2D eigenvalue weighted by atomic mass is 32.2. The van der Waals surface area contributed by atoms with E-state index in [2.05, 4.69) is 68.8 Å². The Balaban J connectivity index is 0.000000637. The van der Waals surface area contributed by atoms with Crippen molar-refractivity contribution in [1.82, 2.24) is 40.8 Å². The molecule has 0 bridgehead atoms. The lowest BCUT2D eigenvalue weighted by molar-refractivity contribution is -0.277. The molecule has 0 spiro atoms. The first kappa shape index (κ1) is 101. The summed E-state index contributed by atoms with van der Waals surface area (Å²) in [5.41, 5.74) is -4.29. The molecule has 0 radical (unpaired) electrons. The van der Waals surface area contributed by atoms with E-state index in [9.17, 15) is 114 Å². The Labute approximate surface area is 631 Å². The largest absolute Gasteiger partial charge is 0.573 e. The zero-order valence-electron chi connectivity index (χ0n) is 62.5. The van der Waals surface area contributed by atoms with Gasteiger partial charge in [0.05, 0.1) is 40.0 Å². The van der Waals surface area contributed by atoms with E-state index in [1.807, 2.05) is 48.5 Å². The Kier molecular flexibility index (Phi) is 39.0. The molecule has 0 atom stereocenters. The van der Waals surface area contributed by atoms with Crippen LogP contribution in [0.5, 0.6) is 17.2 Å². The fourth-order valence-corrected chi connectivity index (χ4v) is 9.09. The van der Waals surface area contributed by atoms with E-state index in [0.29, 0.717) is 63.8 Å². The molecule has 0 aliphatic carbocycles. The van der Waals surface area contributed by atoms with Crippen LogP contribution in [-0.2, 0) is 24.7 Å². The van der Waals surface area contributed by atoms with Gasteiger partial charge in [-0.3, -0.25) is 0 Å². The standard InChI is InChI=1S/C11H10F6O.C11H13F3O.C10H10F4O.C10H10F4.C8H9F3N2S.2C8H9F3N2.C6H10N2S/c1-6(2)7-3-4-9(18-11(15,16)17)8(5-7)10(12,13)14;1-7(2)9-4-5-10(8(3)6-9)15-11(12,13)14;1-6(2)8-4-3-7(5-9(8)11)15-10(12,13)14;1-6(2)8-4-3-7(5-9(8)11)10(12,13)14;1-5(2)6-3-4-7(13-12-6)14-8(9,10)11;1-5(2)7-3-6(4-12-13-7)8(9,10)11;1-5(2)6-3-4-7(13-12-6)8(9,10)11;1-4(2)6-8-7-5(3)9-6/h3-6H,1-2H3;4-7H,1-3H3;3-6H,1-2H3;3-6H,1-2H3;3-5H,1-2H3;2*3-5H,1-2H3;4H,1-3H3. The van der Waals surface area contributed by atoms with Crippen molar-refractivity contribution in [1.29, 1.82) is 0 Å². The van der Waals surface area contributed by atoms with Crippen LogP contribution >= 0.6 is 23.1 Å². The van der Waals surface area contributed by atoms with Crippen molar-refractivity contribution in [2.24, 2.45) is 0 Å². The molecule has 0 unspecified atom stereocenters. The Morgan fingerprint density at radius 2 is 0.802 bits per heavy atom. The molecule has 4 heterocycles. The minimum absolute atomic E-state index is 0.0465. The molecule has 0 saturated heterocycles. The van der Waals surface area contributed by atoms with Gasteiger partial charge in [0.2, 0.25) is 0 Å². The molecular formula is C72H80F26N8O3S2. The van der Waals surface area contributed by atoms with Gasteiger partial charge in [-0.2, -0.15) is 86.3 Å². The Morgan fingerprint density at radius 3 is 1.14 bits per heavy atom. The lowest BCUT2D eigenvalue weighted by Gasteiger charge is -2.17. The summed E-state index contributed by atoms with van der Waals surface area (Å²) in [5.74, 6) is -2.78. The lowest BCUT2D eigenvalue weighted by Crippen LogP contribution is -2.20. The monoisotopic (exact) mass is 1660 g/mol. The number of halogens is 26. The van der Waals surface area contributed by atoms with E-state index in [0.717, 1.165) is 52.1 Å². The number of nitrogens with zero attached hydrogens (tertiary/aromatic N) is 8. The summed E-state index contributed by atoms with van der Waals surface area (Å²) in [6.07, 6.45) is -31.9. The van der Waals surface area contributed by atoms with Crippen LogP contribution in [0.4, 0.5) is 114 Å². The minimum atomic E-state index is -5.15. The van der Waals surface area contributed by atoms with Crippen LogP contribution in [0.15, 0.2) is 114 Å². The molecule has 0 aliphatic heterocycles. The number of thioether (sulfide) groups is 1. The topological polar surface area (TPSA) is 131 Å². The summed E-state index contributed by atoms with van der Waals surface area (Å²) in [7, 11) is 0. The highest BCUT2D eigenvalue weighted by molar-refractivity contribution is 8.00. The van der Waals surface area contributed by atoms with Crippen molar-refractivity contribution in [2.75, 3.05) is 0 Å². The smallest absolute Gasteiger partial charge is 0.406 e. The van der Waals surface area contributed by atoms with Gasteiger partial charge in [0.1, 0.15) is 43.9 Å². The average molecular weight is 1660 g/mol. The quantitative estimate of drug-likeness (QED) is 0.0852. The van der Waals surface area contributed by atoms with E-state index < -0.39 is 94.8 Å². The van der Waals surface area contributed by atoms with E-state index in [-0.39, 0.29) is 63.6 Å². The molecule has 620 valence electrons. The zero-order chi connectivity index (χ0) is 86.1. The maximum absolute atomic E-state index is 13.2. The summed E-state index contributed by atoms with van der Waals surface area (Å²) in [6.45, 7) is 33.1. The predicted molar refractivity (Wildman–Crippen MR) is 366 cm³/mol. The van der Waals surface area contributed by atoms with Gasteiger partial charge in [0, 0.05) is 23.7 Å². The first-order valence-corrected chi connectivity index (χ1v) is 34.4. The number of hydrogen-bond acceptors (Lipinski definition) is 13. The van der Waals surface area contributed by atoms with Gasteiger partial charge in [-0.05, 0) is 150 Å². The summed E-state index contributed by atoms with van der Waals surface area (Å²) in [5, 5.41) is 30.6. The second kappa shape index (κ2) is 43.0. The van der Waals surface area contributed by atoms with Gasteiger partial charge >= 0.3 is 49.3 Å². The van der Waals surface area contributed by atoms with Crippen molar-refractivity contribution in [3.8, 4) is 17.2 Å². The van der Waals surface area contributed by atoms with Gasteiger partial charge in [-0.1, -0.05) is 141 Å². The summed E-state index contributed by atoms with van der Waals surface area (Å²) in [4.78, 5) is 0. The Hall–Kier alpha value is -8.39. The predicted octanol–water partition coefficient (Wildman–Crippen LogP) is 27.0. The zero-order valence-corrected chi connectivity index (χ0v) is 64.1. The lowest BCUT2D eigenvalue weighted by atomic mass is 10.00. The van der Waals surface area contributed by atoms with Gasteiger partial charge in [-0.25, -0.2) is 8.78 Å². The van der Waals surface area contributed by atoms with Gasteiger partial charge < -0.3 is 14.2 Å². The molecule has 0 amide bonds. The first-order valence-electron chi connectivity index (χ1n) is 32.8. The molecule has 4 aromatic heterocycles. The van der Waals surface area contributed by atoms with Crippen LogP contribution in [0, 0.1) is 25.5 Å². The second-order valence-corrected chi connectivity index (χ2v) is 28.1. The third-order valence-electron chi connectivity index (χ3n) is 13.7. The van der Waals surface area contributed by atoms with Crippen LogP contribution in [0.2, 0.25) is 0 Å². The van der Waals surface area contributed by atoms with E-state index >= 15 is 0 Å². The van der Waals surface area contributed by atoms with Crippen LogP contribution in [0.25, 0.3) is 0 Å². The van der Waals surface area contributed by atoms with Gasteiger partial charge in [-0.15, -0.1) is 71.2 Å². The molecule has 4 aromatic carbocycles. The fourth-order valence-electron chi connectivity index (χ4n) is 7.94. The molecule has 0 saturated carbocycles. The van der Waals surface area contributed by atoms with Crippen LogP contribution < -0.4 is 14.2 Å². The van der Waals surface area contributed by atoms with Crippen molar-refractivity contribution in [2.45, 2.75) is 226 Å². The maximum atomic E-state index is 13.2. The second-order valence-electron chi connectivity index (χ2n) is 25.8. The normalized spacial score (nSPS) is 12.1. The number of ether oxygens (including phenoxy) is 3. The minimum Gasteiger partial charge on any atom is -0.406 e. The Morgan fingerprint density at radius 1 is 0.351 bits per heavy atom. The number of rotatable bonds is 12. The number of hydrogen-bond donors (Lipinski definition) is 0. The molecule has 8 rings (SSSR count). The molecule has 39 heteroatoms. The molecule has 0 N–H and O–H groups in total. The number of alkyl halides is 24. The van der Waals surface area contributed by atoms with Crippen LogP contribution in [-0.4, -0.2) is 65.4 Å². The van der Waals surface area contributed by atoms with E-state index in [1.165, 1.54) is 36.4 Å². The van der Waals surface area contributed by atoms with Crippen molar-refractivity contribution < 1.29 is 128 Å². The third-order valence-corrected chi connectivity index (χ3v) is 15.5. The summed E-state index contributed by atoms with van der Waals surface area (Å²) in [6, 6.07) is 19.2. The summed E-state index contributed by atoms with van der Waals surface area (Å²) < 4.78 is 327. The molecule has 11 nitrogen and oxygen atoms in total. The van der Waals surface area contributed by atoms with E-state index in [4.69, 9.17) is 0 Å². The van der Waals surface area contributed by atoms with E-state index in [1.54, 1.807) is 91.8 Å². The molecular weight excluding hydrogens is 1580 g/mol. The first-order chi connectivity index (χ1) is 50.3. The number of benzene rings is 4. The number of aryl methyl sites for hydroxylation is 2.